The van der Waals surface area contributed by atoms with Gasteiger partial charge >= 0.3 is 12.1 Å². The number of hydrogen-bond acceptors (Lipinski definition) is 5. The molecule has 4 rings (SSSR count). The molecule has 0 saturated carbocycles. The number of nitriles is 1. The molecule has 13 heteroatoms. The van der Waals surface area contributed by atoms with Crippen LogP contribution in [0.1, 0.15) is 41.9 Å². The highest BCUT2D eigenvalue weighted by molar-refractivity contribution is 6.03. The number of hydrogen-bond donors (Lipinski definition) is 3. The fourth-order valence-corrected chi connectivity index (χ4v) is 5.03. The molecule has 3 aromatic carbocycles. The average Bonchev–Trinajstić information content (AvgIpc) is 3.10. The van der Waals surface area contributed by atoms with E-state index < -0.39 is 66.7 Å². The number of nitrogens with one attached hydrogen (secondary N) is 2. The number of fused-ring (bicyclic) bond motifs is 1. The number of carbonyl (C=O) groups is 3. The molecule has 1 aliphatic rings. The summed E-state index contributed by atoms with van der Waals surface area (Å²) in [4.78, 5) is 40.6. The first kappa shape index (κ1) is 31.0. The SMILES string of the molecule is N#Cc1cccc(N2C[C@H](NC(=O)[C@H](CCC(F)(F)F)[C@@H](C(=O)O)c3ccccc3)C(=O)Nc3c(C(F)F)cccc32)c1. The van der Waals surface area contributed by atoms with Crippen molar-refractivity contribution in [1.82, 2.24) is 5.32 Å². The van der Waals surface area contributed by atoms with Crippen molar-refractivity contribution in [2.24, 2.45) is 5.92 Å². The largest absolute Gasteiger partial charge is 0.481 e. The molecule has 8 nitrogen and oxygen atoms in total. The van der Waals surface area contributed by atoms with E-state index in [-0.39, 0.29) is 29.0 Å². The Bertz CT molecular complexity index is 1540. The highest BCUT2D eigenvalue weighted by atomic mass is 19.4. The van der Waals surface area contributed by atoms with E-state index in [0.29, 0.717) is 5.69 Å². The van der Waals surface area contributed by atoms with Crippen LogP contribution in [0, 0.1) is 17.2 Å². The second-order valence-corrected chi connectivity index (χ2v) is 9.85. The van der Waals surface area contributed by atoms with E-state index in [2.05, 4.69) is 10.6 Å². The predicted molar refractivity (Wildman–Crippen MR) is 146 cm³/mol. The molecule has 2 amide bonds. The minimum absolute atomic E-state index is 0.0894. The maximum atomic E-state index is 14.0. The number of carboxylic acids is 1. The van der Waals surface area contributed by atoms with E-state index in [0.717, 1.165) is 6.07 Å². The van der Waals surface area contributed by atoms with E-state index >= 15 is 0 Å². The van der Waals surface area contributed by atoms with Gasteiger partial charge in [-0.15, -0.1) is 0 Å². The van der Waals surface area contributed by atoms with Gasteiger partial charge in [-0.25, -0.2) is 8.78 Å². The summed E-state index contributed by atoms with van der Waals surface area (Å²) >= 11 is 0. The number of alkyl halides is 5. The lowest BCUT2D eigenvalue weighted by Gasteiger charge is -2.29. The second kappa shape index (κ2) is 12.9. The van der Waals surface area contributed by atoms with Gasteiger partial charge in [-0.05, 0) is 36.2 Å². The van der Waals surface area contributed by atoms with E-state index in [1.165, 1.54) is 59.5 Å². The zero-order chi connectivity index (χ0) is 31.3. The first-order chi connectivity index (χ1) is 20.4. The van der Waals surface area contributed by atoms with Gasteiger partial charge in [0, 0.05) is 17.7 Å². The highest BCUT2D eigenvalue weighted by Gasteiger charge is 2.41. The number of para-hydroxylation sites is 1. The van der Waals surface area contributed by atoms with Gasteiger partial charge in [-0.3, -0.25) is 14.4 Å². The number of halogens is 5. The van der Waals surface area contributed by atoms with Crippen LogP contribution in [-0.2, 0) is 14.4 Å². The van der Waals surface area contributed by atoms with Gasteiger partial charge in [-0.2, -0.15) is 18.4 Å². The normalized spacial score (nSPS) is 16.3. The first-order valence-electron chi connectivity index (χ1n) is 13.0. The third-order valence-corrected chi connectivity index (χ3v) is 7.04. The summed E-state index contributed by atoms with van der Waals surface area (Å²) in [7, 11) is 0. The third kappa shape index (κ3) is 7.27. The predicted octanol–water partition coefficient (Wildman–Crippen LogP) is 5.90. The molecule has 0 radical (unpaired) electrons. The Morgan fingerprint density at radius 2 is 1.77 bits per heavy atom. The highest BCUT2D eigenvalue weighted by Crippen LogP contribution is 2.41. The molecule has 43 heavy (non-hydrogen) atoms. The van der Waals surface area contributed by atoms with Crippen LogP contribution in [0.3, 0.4) is 0 Å². The number of carboxylic acid groups (broad SMARTS) is 1. The minimum atomic E-state index is -4.70. The zero-order valence-electron chi connectivity index (χ0n) is 22.3. The Morgan fingerprint density at radius 1 is 1.07 bits per heavy atom. The summed E-state index contributed by atoms with van der Waals surface area (Å²) in [6.45, 7) is -0.374. The van der Waals surface area contributed by atoms with Gasteiger partial charge < -0.3 is 20.6 Å². The van der Waals surface area contributed by atoms with Crippen LogP contribution in [0.2, 0.25) is 0 Å². The lowest BCUT2D eigenvalue weighted by atomic mass is 9.82. The van der Waals surface area contributed by atoms with Gasteiger partial charge in [0.1, 0.15) is 6.04 Å². The summed E-state index contributed by atoms with van der Waals surface area (Å²) in [5, 5.41) is 24.1. The number of anilines is 3. The van der Waals surface area contributed by atoms with Crippen LogP contribution in [0.5, 0.6) is 0 Å². The van der Waals surface area contributed by atoms with E-state index in [4.69, 9.17) is 0 Å². The molecule has 0 fully saturated rings. The quantitative estimate of drug-likeness (QED) is 0.263. The first-order valence-corrected chi connectivity index (χ1v) is 13.0. The molecule has 224 valence electrons. The maximum absolute atomic E-state index is 14.0. The van der Waals surface area contributed by atoms with Crippen LogP contribution in [0.25, 0.3) is 0 Å². The summed E-state index contributed by atoms with van der Waals surface area (Å²) in [6, 6.07) is 17.6. The molecule has 3 aromatic rings. The fraction of sp³-hybridized carbons (Fsp3) is 0.267. The Kier molecular flexibility index (Phi) is 9.28. The van der Waals surface area contributed by atoms with Crippen molar-refractivity contribution >= 4 is 34.8 Å². The molecular weight excluding hydrogens is 575 g/mol. The number of nitrogens with zero attached hydrogens (tertiary/aromatic N) is 2. The molecule has 1 heterocycles. The Labute approximate surface area is 242 Å². The Hall–Kier alpha value is -4.99. The summed E-state index contributed by atoms with van der Waals surface area (Å²) in [5.41, 5.74) is -0.0255. The number of benzene rings is 3. The Morgan fingerprint density at radius 3 is 2.40 bits per heavy atom. The third-order valence-electron chi connectivity index (χ3n) is 7.04. The minimum Gasteiger partial charge on any atom is -0.481 e. The van der Waals surface area contributed by atoms with E-state index in [1.807, 2.05) is 6.07 Å². The maximum Gasteiger partial charge on any atom is 0.389 e. The molecular formula is C30H25F5N4O4. The fourth-order valence-electron chi connectivity index (χ4n) is 5.03. The van der Waals surface area contributed by atoms with Crippen LogP contribution in [0.4, 0.5) is 39.0 Å². The van der Waals surface area contributed by atoms with Crippen LogP contribution >= 0.6 is 0 Å². The van der Waals surface area contributed by atoms with E-state index in [9.17, 15) is 46.7 Å². The van der Waals surface area contributed by atoms with Gasteiger partial charge in [-0.1, -0.05) is 48.5 Å². The summed E-state index contributed by atoms with van der Waals surface area (Å²) < 4.78 is 67.6. The van der Waals surface area contributed by atoms with Gasteiger partial charge in [0.05, 0.1) is 41.4 Å². The molecule has 3 atom stereocenters. The van der Waals surface area contributed by atoms with Crippen LogP contribution in [-0.4, -0.2) is 41.7 Å². The number of rotatable bonds is 9. The van der Waals surface area contributed by atoms with Gasteiger partial charge in [0.25, 0.3) is 6.43 Å². The number of aliphatic carboxylic acids is 1. The second-order valence-electron chi connectivity index (χ2n) is 9.85. The molecule has 1 aliphatic heterocycles. The summed E-state index contributed by atoms with van der Waals surface area (Å²) in [6.07, 6.45) is -10.1. The Balaban J connectivity index is 1.74. The lowest BCUT2D eigenvalue weighted by molar-refractivity contribution is -0.150. The van der Waals surface area contributed by atoms with Crippen molar-refractivity contribution in [1.29, 1.82) is 5.26 Å². The molecule has 0 saturated heterocycles. The molecule has 3 N–H and O–H groups in total. The van der Waals surface area contributed by atoms with Gasteiger partial charge in [0.2, 0.25) is 11.8 Å². The van der Waals surface area contributed by atoms with Crippen molar-refractivity contribution in [2.45, 2.75) is 37.4 Å². The van der Waals surface area contributed by atoms with Crippen molar-refractivity contribution in [3.63, 3.8) is 0 Å². The molecule has 0 aromatic heterocycles. The van der Waals surface area contributed by atoms with Crippen molar-refractivity contribution in [2.75, 3.05) is 16.8 Å². The van der Waals surface area contributed by atoms with Crippen molar-refractivity contribution in [3.8, 4) is 6.07 Å². The topological polar surface area (TPSA) is 123 Å². The van der Waals surface area contributed by atoms with Crippen molar-refractivity contribution in [3.05, 3.63) is 89.5 Å². The number of amides is 2. The zero-order valence-corrected chi connectivity index (χ0v) is 22.3. The van der Waals surface area contributed by atoms with Crippen molar-refractivity contribution < 1.29 is 41.4 Å². The summed E-state index contributed by atoms with van der Waals surface area (Å²) in [5.74, 6) is -7.03. The average molecular weight is 601 g/mol. The monoisotopic (exact) mass is 600 g/mol. The standard InChI is InChI=1S/C30H25F5N4O4/c31-26(32)21-10-5-11-23-25(21)38-28(41)22(16-39(23)19-9-4-6-17(14-19)15-36)37-27(40)20(12-13-30(33,34)35)24(29(42)43)18-7-2-1-3-8-18/h1-11,14,20,22,24,26H,12-13,16H2,(H,37,40)(H,38,41)(H,42,43)/t20-,22+,24+/m1/s1. The van der Waals surface area contributed by atoms with Gasteiger partial charge in [0.15, 0.2) is 0 Å². The van der Waals surface area contributed by atoms with E-state index in [1.54, 1.807) is 12.1 Å². The van der Waals surface area contributed by atoms with Crippen LogP contribution in [0.15, 0.2) is 72.8 Å². The van der Waals surface area contributed by atoms with Crippen LogP contribution < -0.4 is 15.5 Å². The number of carbonyl (C=O) groups excluding carboxylic acids is 2. The smallest absolute Gasteiger partial charge is 0.389 e. The molecule has 0 unspecified atom stereocenters. The lowest BCUT2D eigenvalue weighted by Crippen LogP contribution is -2.51. The molecule has 0 aliphatic carbocycles. The molecule has 0 bridgehead atoms. The molecule has 0 spiro atoms.